The average molecular weight is 349 g/mol. The third kappa shape index (κ3) is 3.68. The van der Waals surface area contributed by atoms with Gasteiger partial charge in [-0.1, -0.05) is 0 Å². The largest absolute Gasteiger partial charge is 0.328 e. The number of hydrogen-bond acceptors (Lipinski definition) is 6. The van der Waals surface area contributed by atoms with Crippen molar-refractivity contribution in [1.29, 1.82) is 0 Å². The van der Waals surface area contributed by atoms with Gasteiger partial charge in [-0.25, -0.2) is 4.68 Å². The van der Waals surface area contributed by atoms with Gasteiger partial charge in [0.05, 0.1) is 5.54 Å². The summed E-state index contributed by atoms with van der Waals surface area (Å²) in [4.78, 5) is 1.30. The third-order valence-electron chi connectivity index (χ3n) is 4.73. The first-order valence-electron chi connectivity index (χ1n) is 8.70. The lowest BCUT2D eigenvalue weighted by Gasteiger charge is -2.31. The van der Waals surface area contributed by atoms with Crippen LogP contribution in [0.1, 0.15) is 68.8 Å². The van der Waals surface area contributed by atoms with Crippen LogP contribution in [0.3, 0.4) is 0 Å². The van der Waals surface area contributed by atoms with E-state index in [1.54, 1.807) is 11.3 Å². The van der Waals surface area contributed by atoms with Gasteiger partial charge in [0.25, 0.3) is 0 Å². The molecule has 6 nitrogen and oxygen atoms in total. The molecule has 0 bridgehead atoms. The third-order valence-corrected chi connectivity index (χ3v) is 5.81. The molecule has 1 atom stereocenters. The minimum absolute atomic E-state index is 0.0264. The van der Waals surface area contributed by atoms with E-state index in [9.17, 15) is 0 Å². The zero-order valence-electron chi connectivity index (χ0n) is 15.0. The van der Waals surface area contributed by atoms with E-state index in [1.165, 1.54) is 10.4 Å². The van der Waals surface area contributed by atoms with Gasteiger partial charge in [0.1, 0.15) is 6.04 Å². The second-order valence-electron chi connectivity index (χ2n) is 7.80. The molecule has 2 aromatic rings. The molecule has 2 aromatic heterocycles. The number of rotatable bonds is 4. The van der Waals surface area contributed by atoms with Crippen LogP contribution >= 0.6 is 11.3 Å². The highest BCUT2D eigenvalue weighted by atomic mass is 32.1. The maximum Gasteiger partial charge on any atom is 0.174 e. The Morgan fingerprint density at radius 1 is 1.29 bits per heavy atom. The Morgan fingerprint density at radius 2 is 2.00 bits per heavy atom. The van der Waals surface area contributed by atoms with Crippen LogP contribution in [0.2, 0.25) is 0 Å². The first-order chi connectivity index (χ1) is 11.4. The summed E-state index contributed by atoms with van der Waals surface area (Å²) in [5.41, 5.74) is 7.19. The predicted octanol–water partition coefficient (Wildman–Crippen LogP) is 2.75. The minimum Gasteiger partial charge on any atom is -0.328 e. The lowest BCUT2D eigenvalue weighted by atomic mass is 9.91. The fraction of sp³-hybridized carbons (Fsp3) is 0.706. The Morgan fingerprint density at radius 3 is 2.58 bits per heavy atom. The van der Waals surface area contributed by atoms with E-state index in [-0.39, 0.29) is 11.6 Å². The van der Waals surface area contributed by atoms with Crippen LogP contribution in [0.25, 0.3) is 0 Å². The predicted molar refractivity (Wildman–Crippen MR) is 97.1 cm³/mol. The normalized spacial score (nSPS) is 23.4. The van der Waals surface area contributed by atoms with E-state index >= 15 is 0 Å². The summed E-state index contributed by atoms with van der Waals surface area (Å²) in [5, 5.41) is 18.6. The van der Waals surface area contributed by atoms with Crippen LogP contribution in [0, 0.1) is 6.92 Å². The summed E-state index contributed by atoms with van der Waals surface area (Å²) in [7, 11) is 0. The van der Waals surface area contributed by atoms with Crippen molar-refractivity contribution in [2.75, 3.05) is 0 Å². The van der Waals surface area contributed by atoms with Crippen molar-refractivity contribution < 1.29 is 0 Å². The van der Waals surface area contributed by atoms with Crippen LogP contribution in [0.5, 0.6) is 0 Å². The molecular formula is C17H28N6S. The van der Waals surface area contributed by atoms with E-state index in [0.29, 0.717) is 12.1 Å². The molecule has 3 N–H and O–H groups in total. The summed E-state index contributed by atoms with van der Waals surface area (Å²) in [5.74, 6) is 0.892. The van der Waals surface area contributed by atoms with Crippen LogP contribution < -0.4 is 11.1 Å². The molecule has 132 valence electrons. The summed E-state index contributed by atoms with van der Waals surface area (Å²) in [6.45, 7) is 8.54. The number of hydrogen-bond donors (Lipinski definition) is 2. The van der Waals surface area contributed by atoms with Gasteiger partial charge in [0, 0.05) is 17.0 Å². The Balaban J connectivity index is 1.92. The lowest BCUT2D eigenvalue weighted by molar-refractivity contribution is 0.298. The van der Waals surface area contributed by atoms with Crippen LogP contribution in [0.15, 0.2) is 11.4 Å². The number of nitrogens with one attached hydrogen (secondary N) is 1. The monoisotopic (exact) mass is 348 g/mol. The van der Waals surface area contributed by atoms with E-state index in [0.717, 1.165) is 31.5 Å². The molecule has 2 heterocycles. The number of nitrogens with zero attached hydrogens (tertiary/aromatic N) is 4. The molecule has 7 heteroatoms. The topological polar surface area (TPSA) is 81.7 Å². The number of tetrazole rings is 1. The molecule has 0 aromatic carbocycles. The standard InChI is InChI=1S/C17H28N6S/c1-11-9-10-24-15(11)14(19-13-7-5-12(18)6-8-13)16-20-21-22-23(16)17(2,3)4/h9-10,12-14,19H,5-8,18H2,1-4H3. The van der Waals surface area contributed by atoms with Crippen LogP contribution in [-0.2, 0) is 5.54 Å². The van der Waals surface area contributed by atoms with E-state index in [4.69, 9.17) is 5.73 Å². The van der Waals surface area contributed by atoms with Crippen molar-refractivity contribution in [3.8, 4) is 0 Å². The van der Waals surface area contributed by atoms with Crippen molar-refractivity contribution in [2.24, 2.45) is 5.73 Å². The minimum atomic E-state index is -0.154. The second-order valence-corrected chi connectivity index (χ2v) is 8.75. The lowest BCUT2D eigenvalue weighted by Crippen LogP contribution is -2.41. The maximum atomic E-state index is 6.06. The quantitative estimate of drug-likeness (QED) is 0.888. The molecule has 0 saturated heterocycles. The van der Waals surface area contributed by atoms with Crippen LogP contribution in [0.4, 0.5) is 0 Å². The van der Waals surface area contributed by atoms with E-state index in [1.807, 2.05) is 4.68 Å². The zero-order chi connectivity index (χ0) is 17.3. The van der Waals surface area contributed by atoms with Gasteiger partial charge < -0.3 is 11.1 Å². The molecule has 1 fully saturated rings. The van der Waals surface area contributed by atoms with Crippen molar-refractivity contribution in [3.63, 3.8) is 0 Å². The first kappa shape index (κ1) is 17.5. The first-order valence-corrected chi connectivity index (χ1v) is 9.58. The zero-order valence-corrected chi connectivity index (χ0v) is 15.8. The van der Waals surface area contributed by atoms with Gasteiger partial charge >= 0.3 is 0 Å². The Bertz CT molecular complexity index is 663. The SMILES string of the molecule is Cc1ccsc1C(NC1CCC(N)CC1)c1nnnn1C(C)(C)C. The van der Waals surface area contributed by atoms with Gasteiger partial charge in [-0.2, -0.15) is 0 Å². The Hall–Kier alpha value is -1.31. The van der Waals surface area contributed by atoms with E-state index < -0.39 is 0 Å². The fourth-order valence-corrected chi connectivity index (χ4v) is 4.30. The van der Waals surface area contributed by atoms with Crippen molar-refractivity contribution in [2.45, 2.75) is 77.0 Å². The molecule has 24 heavy (non-hydrogen) atoms. The van der Waals surface area contributed by atoms with Crippen molar-refractivity contribution in [1.82, 2.24) is 25.5 Å². The number of thiophene rings is 1. The second kappa shape index (κ2) is 6.90. The Labute approximate surface area is 147 Å². The molecule has 1 unspecified atom stereocenters. The highest BCUT2D eigenvalue weighted by Gasteiger charge is 2.31. The Kier molecular flexibility index (Phi) is 5.03. The van der Waals surface area contributed by atoms with Gasteiger partial charge in [-0.05, 0) is 80.8 Å². The number of aryl methyl sites for hydroxylation is 1. The number of aromatic nitrogens is 4. The highest BCUT2D eigenvalue weighted by Crippen LogP contribution is 2.32. The van der Waals surface area contributed by atoms with Crippen molar-refractivity contribution in [3.05, 3.63) is 27.7 Å². The van der Waals surface area contributed by atoms with Gasteiger partial charge in [0.15, 0.2) is 5.82 Å². The molecule has 1 aliphatic rings. The summed E-state index contributed by atoms with van der Waals surface area (Å²) < 4.78 is 1.94. The molecule has 3 rings (SSSR count). The average Bonchev–Trinajstić information content (AvgIpc) is 3.15. The molecular weight excluding hydrogens is 320 g/mol. The van der Waals surface area contributed by atoms with Crippen molar-refractivity contribution >= 4 is 11.3 Å². The molecule has 0 aliphatic heterocycles. The van der Waals surface area contributed by atoms with E-state index in [2.05, 4.69) is 60.0 Å². The fourth-order valence-electron chi connectivity index (χ4n) is 3.32. The van der Waals surface area contributed by atoms with Gasteiger partial charge in [-0.3, -0.25) is 0 Å². The molecule has 1 saturated carbocycles. The van der Waals surface area contributed by atoms with Gasteiger partial charge in [-0.15, -0.1) is 16.4 Å². The maximum absolute atomic E-state index is 6.06. The summed E-state index contributed by atoms with van der Waals surface area (Å²) in [6, 6.07) is 3.00. The summed E-state index contributed by atoms with van der Waals surface area (Å²) >= 11 is 1.77. The molecule has 0 spiro atoms. The molecule has 1 aliphatic carbocycles. The highest BCUT2D eigenvalue weighted by molar-refractivity contribution is 7.10. The smallest absolute Gasteiger partial charge is 0.174 e. The summed E-state index contributed by atoms with van der Waals surface area (Å²) in [6.07, 6.45) is 4.38. The molecule has 0 amide bonds. The van der Waals surface area contributed by atoms with Crippen LogP contribution in [-0.4, -0.2) is 32.3 Å². The molecule has 0 radical (unpaired) electrons. The van der Waals surface area contributed by atoms with Gasteiger partial charge in [0.2, 0.25) is 0 Å². The number of nitrogens with two attached hydrogens (primary N) is 1.